The predicted octanol–water partition coefficient (Wildman–Crippen LogP) is -0.599. The standard InChI is InChI=1S/C12H24N4O3/c13-5-1-9-19-10-2-6-16(7-3-10)8-4-11(17)15-12(14)18/h10H,1-9,13H2,(H3,14,15,17,18). The van der Waals surface area contributed by atoms with Gasteiger partial charge in [0.1, 0.15) is 0 Å². The Balaban J connectivity index is 2.09. The van der Waals surface area contributed by atoms with Crippen LogP contribution in [0.3, 0.4) is 0 Å². The van der Waals surface area contributed by atoms with Gasteiger partial charge in [0, 0.05) is 32.7 Å². The van der Waals surface area contributed by atoms with Gasteiger partial charge in [0.2, 0.25) is 5.91 Å². The van der Waals surface area contributed by atoms with Crippen LogP contribution in [0.5, 0.6) is 0 Å². The van der Waals surface area contributed by atoms with Gasteiger partial charge in [-0.3, -0.25) is 10.1 Å². The van der Waals surface area contributed by atoms with Gasteiger partial charge in [0.25, 0.3) is 0 Å². The summed E-state index contributed by atoms with van der Waals surface area (Å²) in [5, 5.41) is 2.06. The number of hydrogen-bond donors (Lipinski definition) is 3. The molecule has 0 atom stereocenters. The molecular formula is C12H24N4O3. The smallest absolute Gasteiger partial charge is 0.318 e. The van der Waals surface area contributed by atoms with Crippen molar-refractivity contribution in [3.63, 3.8) is 0 Å². The second-order valence-electron chi connectivity index (χ2n) is 4.72. The highest BCUT2D eigenvalue weighted by Gasteiger charge is 2.19. The van der Waals surface area contributed by atoms with E-state index in [0.29, 0.717) is 25.6 Å². The lowest BCUT2D eigenvalue weighted by Crippen LogP contribution is -2.41. The van der Waals surface area contributed by atoms with Gasteiger partial charge in [0.15, 0.2) is 0 Å². The van der Waals surface area contributed by atoms with Crippen LogP contribution in [-0.4, -0.2) is 55.7 Å². The first-order valence-electron chi connectivity index (χ1n) is 6.75. The Morgan fingerprint density at radius 3 is 2.58 bits per heavy atom. The predicted molar refractivity (Wildman–Crippen MR) is 71.4 cm³/mol. The molecule has 1 aliphatic rings. The molecule has 7 heteroatoms. The highest BCUT2D eigenvalue weighted by molar-refractivity contribution is 5.93. The number of carbonyl (C=O) groups is 2. The molecule has 0 radical (unpaired) electrons. The van der Waals surface area contributed by atoms with Gasteiger partial charge >= 0.3 is 6.03 Å². The quantitative estimate of drug-likeness (QED) is 0.536. The SMILES string of the molecule is NCCCOC1CCN(CCC(=O)NC(N)=O)CC1. The lowest BCUT2D eigenvalue weighted by atomic mass is 10.1. The molecule has 7 nitrogen and oxygen atoms in total. The summed E-state index contributed by atoms with van der Waals surface area (Å²) in [7, 11) is 0. The van der Waals surface area contributed by atoms with E-state index in [1.54, 1.807) is 0 Å². The number of likely N-dealkylation sites (tertiary alicyclic amines) is 1. The number of ether oxygens (including phenoxy) is 1. The van der Waals surface area contributed by atoms with Gasteiger partial charge in [-0.1, -0.05) is 0 Å². The molecule has 1 saturated heterocycles. The van der Waals surface area contributed by atoms with Crippen molar-refractivity contribution in [2.75, 3.05) is 32.8 Å². The van der Waals surface area contributed by atoms with Gasteiger partial charge in [-0.05, 0) is 25.8 Å². The van der Waals surface area contributed by atoms with Crippen LogP contribution in [0.15, 0.2) is 0 Å². The fourth-order valence-corrected chi connectivity index (χ4v) is 2.09. The average Bonchev–Trinajstić information content (AvgIpc) is 2.37. The van der Waals surface area contributed by atoms with Crippen molar-refractivity contribution in [2.45, 2.75) is 31.8 Å². The molecule has 0 bridgehead atoms. The summed E-state index contributed by atoms with van der Waals surface area (Å²) in [5.74, 6) is -0.325. The number of imide groups is 1. The Morgan fingerprint density at radius 2 is 2.00 bits per heavy atom. The molecular weight excluding hydrogens is 248 g/mol. The maximum atomic E-state index is 11.3. The van der Waals surface area contributed by atoms with E-state index in [-0.39, 0.29) is 5.91 Å². The molecule has 19 heavy (non-hydrogen) atoms. The maximum absolute atomic E-state index is 11.3. The average molecular weight is 272 g/mol. The first-order valence-corrected chi connectivity index (χ1v) is 6.75. The van der Waals surface area contributed by atoms with E-state index in [2.05, 4.69) is 10.2 Å². The van der Waals surface area contributed by atoms with Crippen LogP contribution < -0.4 is 16.8 Å². The molecule has 3 amide bonds. The Hall–Kier alpha value is -1.18. The zero-order chi connectivity index (χ0) is 14.1. The maximum Gasteiger partial charge on any atom is 0.318 e. The number of piperidine rings is 1. The number of nitrogens with two attached hydrogens (primary N) is 2. The van der Waals surface area contributed by atoms with Gasteiger partial charge in [-0.25, -0.2) is 4.79 Å². The van der Waals surface area contributed by atoms with Gasteiger partial charge < -0.3 is 21.1 Å². The van der Waals surface area contributed by atoms with Crippen LogP contribution in [0.1, 0.15) is 25.7 Å². The molecule has 1 fully saturated rings. The molecule has 0 aromatic heterocycles. The van der Waals surface area contributed by atoms with E-state index in [4.69, 9.17) is 16.2 Å². The summed E-state index contributed by atoms with van der Waals surface area (Å²) >= 11 is 0. The Kier molecular flexibility index (Phi) is 7.39. The first kappa shape index (κ1) is 15.9. The first-order chi connectivity index (χ1) is 9.11. The second kappa shape index (κ2) is 8.84. The van der Waals surface area contributed by atoms with Crippen LogP contribution >= 0.6 is 0 Å². The highest BCUT2D eigenvalue weighted by Crippen LogP contribution is 2.13. The zero-order valence-electron chi connectivity index (χ0n) is 11.3. The molecule has 1 heterocycles. The van der Waals surface area contributed by atoms with Crippen molar-refractivity contribution < 1.29 is 14.3 Å². The molecule has 1 rings (SSSR count). The van der Waals surface area contributed by atoms with E-state index < -0.39 is 6.03 Å². The van der Waals surface area contributed by atoms with Crippen LogP contribution in [0, 0.1) is 0 Å². The highest BCUT2D eigenvalue weighted by atomic mass is 16.5. The van der Waals surface area contributed by atoms with E-state index in [9.17, 15) is 9.59 Å². The lowest BCUT2D eigenvalue weighted by molar-refractivity contribution is -0.120. The van der Waals surface area contributed by atoms with Crippen molar-refractivity contribution in [1.82, 2.24) is 10.2 Å². The van der Waals surface area contributed by atoms with Crippen LogP contribution in [-0.2, 0) is 9.53 Å². The molecule has 0 aromatic carbocycles. The molecule has 0 aliphatic carbocycles. The van der Waals surface area contributed by atoms with Gasteiger partial charge in [-0.2, -0.15) is 0 Å². The van der Waals surface area contributed by atoms with Crippen molar-refractivity contribution in [2.24, 2.45) is 11.5 Å². The van der Waals surface area contributed by atoms with E-state index >= 15 is 0 Å². The van der Waals surface area contributed by atoms with Crippen LogP contribution in [0.2, 0.25) is 0 Å². The van der Waals surface area contributed by atoms with Crippen molar-refractivity contribution in [3.8, 4) is 0 Å². The molecule has 0 saturated carbocycles. The van der Waals surface area contributed by atoms with Crippen molar-refractivity contribution in [1.29, 1.82) is 0 Å². The van der Waals surface area contributed by atoms with Gasteiger partial charge in [-0.15, -0.1) is 0 Å². The summed E-state index contributed by atoms with van der Waals surface area (Å²) in [6, 6.07) is -0.794. The summed E-state index contributed by atoms with van der Waals surface area (Å²) < 4.78 is 5.70. The largest absolute Gasteiger partial charge is 0.378 e. The Bertz CT molecular complexity index is 291. The number of carbonyl (C=O) groups excluding carboxylic acids is 2. The molecule has 5 N–H and O–H groups in total. The summed E-state index contributed by atoms with van der Waals surface area (Å²) in [4.78, 5) is 23.9. The third kappa shape index (κ3) is 7.09. The van der Waals surface area contributed by atoms with Gasteiger partial charge in [0.05, 0.1) is 6.10 Å². The van der Waals surface area contributed by atoms with Crippen LogP contribution in [0.25, 0.3) is 0 Å². The third-order valence-corrected chi connectivity index (χ3v) is 3.15. The summed E-state index contributed by atoms with van der Waals surface area (Å²) in [5.41, 5.74) is 10.3. The lowest BCUT2D eigenvalue weighted by Gasteiger charge is -2.31. The Labute approximate surface area is 113 Å². The van der Waals surface area contributed by atoms with Crippen molar-refractivity contribution >= 4 is 11.9 Å². The number of nitrogens with zero attached hydrogens (tertiary/aromatic N) is 1. The zero-order valence-corrected chi connectivity index (χ0v) is 11.3. The number of rotatable bonds is 7. The topological polar surface area (TPSA) is 111 Å². The summed E-state index contributed by atoms with van der Waals surface area (Å²) in [6.45, 7) is 3.86. The number of primary amides is 1. The minimum Gasteiger partial charge on any atom is -0.378 e. The van der Waals surface area contributed by atoms with E-state index in [1.807, 2.05) is 0 Å². The minimum atomic E-state index is -0.794. The number of hydrogen-bond acceptors (Lipinski definition) is 5. The monoisotopic (exact) mass is 272 g/mol. The second-order valence-corrected chi connectivity index (χ2v) is 4.72. The fourth-order valence-electron chi connectivity index (χ4n) is 2.09. The van der Waals surface area contributed by atoms with Crippen molar-refractivity contribution in [3.05, 3.63) is 0 Å². The van der Waals surface area contributed by atoms with E-state index in [1.165, 1.54) is 0 Å². The van der Waals surface area contributed by atoms with Crippen LogP contribution in [0.4, 0.5) is 4.79 Å². The number of nitrogens with one attached hydrogen (secondary N) is 1. The van der Waals surface area contributed by atoms with E-state index in [0.717, 1.165) is 39.0 Å². The normalized spacial score (nSPS) is 17.3. The third-order valence-electron chi connectivity index (χ3n) is 3.15. The minimum absolute atomic E-state index is 0.293. The number of urea groups is 1. The molecule has 0 unspecified atom stereocenters. The Morgan fingerprint density at radius 1 is 1.32 bits per heavy atom. The molecule has 0 aromatic rings. The fraction of sp³-hybridized carbons (Fsp3) is 0.833. The molecule has 0 spiro atoms. The summed E-state index contributed by atoms with van der Waals surface area (Å²) in [6.07, 6.45) is 3.45. The number of amides is 3. The molecule has 110 valence electrons. The molecule has 1 aliphatic heterocycles.